The predicted octanol–water partition coefficient (Wildman–Crippen LogP) is 4.23. The first-order valence-corrected chi connectivity index (χ1v) is 10.3. The Balaban J connectivity index is 1.74. The van der Waals surface area contributed by atoms with Crippen molar-refractivity contribution in [2.24, 2.45) is 0 Å². The first kappa shape index (κ1) is 21.1. The number of hydrogen-bond acceptors (Lipinski definition) is 4. The number of phenols is 1. The fourth-order valence-corrected chi connectivity index (χ4v) is 3.82. The Morgan fingerprint density at radius 3 is 2.61 bits per heavy atom. The molecule has 2 aromatic carbocycles. The van der Waals surface area contributed by atoms with Gasteiger partial charge in [-0.1, -0.05) is 41.4 Å². The van der Waals surface area contributed by atoms with Gasteiger partial charge in [0.05, 0.1) is 18.2 Å². The second-order valence-electron chi connectivity index (χ2n) is 6.57. The Morgan fingerprint density at radius 1 is 1.18 bits per heavy atom. The third-order valence-electron chi connectivity index (χ3n) is 4.57. The smallest absolute Gasteiger partial charge is 0.173 e. The lowest BCUT2D eigenvalue weighted by molar-refractivity contribution is 0.0358. The summed E-state index contributed by atoms with van der Waals surface area (Å²) in [6, 6.07) is 13.0. The van der Waals surface area contributed by atoms with E-state index in [4.69, 9.17) is 40.2 Å². The van der Waals surface area contributed by atoms with Crippen molar-refractivity contribution < 1.29 is 9.84 Å². The molecule has 0 atom stereocenters. The maximum atomic E-state index is 10.4. The van der Waals surface area contributed by atoms with E-state index < -0.39 is 0 Å². The largest absolute Gasteiger partial charge is 0.506 e. The second kappa shape index (κ2) is 10.3. The summed E-state index contributed by atoms with van der Waals surface area (Å²) in [7, 11) is 0. The van der Waals surface area contributed by atoms with Gasteiger partial charge in [0.1, 0.15) is 5.75 Å². The highest BCUT2D eigenvalue weighted by Crippen LogP contribution is 2.32. The summed E-state index contributed by atoms with van der Waals surface area (Å²) in [5, 5.41) is 14.9. The summed E-state index contributed by atoms with van der Waals surface area (Å²) < 4.78 is 5.41. The molecule has 1 fully saturated rings. The van der Waals surface area contributed by atoms with Gasteiger partial charge in [-0.05, 0) is 36.5 Å². The highest BCUT2D eigenvalue weighted by Gasteiger charge is 2.18. The lowest BCUT2D eigenvalue weighted by Crippen LogP contribution is -2.44. The molecule has 0 bridgehead atoms. The van der Waals surface area contributed by atoms with E-state index in [0.717, 1.165) is 38.5 Å². The van der Waals surface area contributed by atoms with Gasteiger partial charge in [0.25, 0.3) is 0 Å². The molecular weight excluding hydrogens is 417 g/mol. The molecule has 1 saturated heterocycles. The molecule has 5 nitrogen and oxygen atoms in total. The van der Waals surface area contributed by atoms with E-state index in [2.05, 4.69) is 10.2 Å². The second-order valence-corrected chi connectivity index (χ2v) is 7.80. The number of morpholine rings is 1. The van der Waals surface area contributed by atoms with Crippen LogP contribution in [-0.2, 0) is 11.3 Å². The number of benzene rings is 2. The van der Waals surface area contributed by atoms with Crippen LogP contribution in [-0.4, -0.2) is 59.4 Å². The molecule has 1 aliphatic heterocycles. The molecule has 0 aliphatic carbocycles. The van der Waals surface area contributed by atoms with E-state index in [-0.39, 0.29) is 10.8 Å². The van der Waals surface area contributed by atoms with Gasteiger partial charge < -0.3 is 20.1 Å². The molecule has 0 radical (unpaired) electrons. The van der Waals surface area contributed by atoms with Crippen LogP contribution in [0.2, 0.25) is 10.0 Å². The van der Waals surface area contributed by atoms with Gasteiger partial charge in [0, 0.05) is 49.0 Å². The number of nitrogens with zero attached hydrogens (tertiary/aromatic N) is 2. The van der Waals surface area contributed by atoms with E-state index in [0.29, 0.717) is 28.8 Å². The number of ether oxygens (including phenoxy) is 1. The molecule has 8 heteroatoms. The van der Waals surface area contributed by atoms with Gasteiger partial charge in [0.2, 0.25) is 0 Å². The van der Waals surface area contributed by atoms with Crippen LogP contribution < -0.4 is 5.32 Å². The molecule has 2 aromatic rings. The lowest BCUT2D eigenvalue weighted by atomic mass is 10.2. The van der Waals surface area contributed by atoms with Gasteiger partial charge >= 0.3 is 0 Å². The van der Waals surface area contributed by atoms with E-state index in [9.17, 15) is 5.11 Å². The molecule has 0 aromatic heterocycles. The van der Waals surface area contributed by atoms with Gasteiger partial charge in [-0.3, -0.25) is 4.90 Å². The Labute approximate surface area is 180 Å². The van der Waals surface area contributed by atoms with Crippen LogP contribution in [0.3, 0.4) is 0 Å². The molecule has 0 amide bonds. The average molecular weight is 440 g/mol. The molecule has 0 saturated carbocycles. The molecule has 150 valence electrons. The first-order chi connectivity index (χ1) is 13.5. The van der Waals surface area contributed by atoms with Crippen molar-refractivity contribution in [2.45, 2.75) is 6.54 Å². The Bertz CT molecular complexity index is 802. The molecular formula is C20H23Cl2N3O2S. The minimum absolute atomic E-state index is 0.0324. The van der Waals surface area contributed by atoms with Gasteiger partial charge in [0.15, 0.2) is 5.11 Å². The summed E-state index contributed by atoms with van der Waals surface area (Å²) in [5.74, 6) is 0.0324. The van der Waals surface area contributed by atoms with E-state index in [1.807, 2.05) is 35.2 Å². The molecule has 1 heterocycles. The lowest BCUT2D eigenvalue weighted by Gasteiger charge is -2.31. The van der Waals surface area contributed by atoms with Crippen LogP contribution in [0.4, 0.5) is 5.69 Å². The van der Waals surface area contributed by atoms with Crippen LogP contribution in [0.1, 0.15) is 5.56 Å². The highest BCUT2D eigenvalue weighted by atomic mass is 35.5. The van der Waals surface area contributed by atoms with Gasteiger partial charge in [-0.25, -0.2) is 0 Å². The quantitative estimate of drug-likeness (QED) is 0.656. The zero-order valence-electron chi connectivity index (χ0n) is 15.4. The van der Waals surface area contributed by atoms with Crippen molar-refractivity contribution in [3.8, 4) is 5.75 Å². The van der Waals surface area contributed by atoms with Crippen molar-refractivity contribution in [2.75, 3.05) is 44.7 Å². The standard InChI is InChI=1S/C20H23Cl2N3O2S/c21-16-12-15(19(26)18(22)13-16)14-25(7-6-24-8-10-27-11-9-24)20(28)23-17-4-2-1-3-5-17/h1-5,12-13,26H,6-11,14H2,(H,23,28). The molecule has 0 unspecified atom stereocenters. The topological polar surface area (TPSA) is 48.0 Å². The van der Waals surface area contributed by atoms with Crippen molar-refractivity contribution >= 4 is 46.2 Å². The number of rotatable bonds is 6. The van der Waals surface area contributed by atoms with E-state index in [1.54, 1.807) is 6.07 Å². The summed E-state index contributed by atoms with van der Waals surface area (Å²) in [6.07, 6.45) is 0. The van der Waals surface area contributed by atoms with E-state index in [1.165, 1.54) is 6.07 Å². The number of para-hydroxylation sites is 1. The number of aromatic hydroxyl groups is 1. The first-order valence-electron chi connectivity index (χ1n) is 9.11. The zero-order valence-corrected chi connectivity index (χ0v) is 17.7. The van der Waals surface area contributed by atoms with Crippen LogP contribution in [0.15, 0.2) is 42.5 Å². The van der Waals surface area contributed by atoms with Crippen molar-refractivity contribution in [3.63, 3.8) is 0 Å². The molecule has 3 rings (SSSR count). The summed E-state index contributed by atoms with van der Waals surface area (Å²) in [6.45, 7) is 5.24. The summed E-state index contributed by atoms with van der Waals surface area (Å²) in [5.41, 5.74) is 1.55. The number of thiocarbonyl (C=S) groups is 1. The van der Waals surface area contributed by atoms with Crippen LogP contribution >= 0.6 is 35.4 Å². The minimum Gasteiger partial charge on any atom is -0.506 e. The predicted molar refractivity (Wildman–Crippen MR) is 118 cm³/mol. The number of halogens is 2. The number of phenolic OH excluding ortho intramolecular Hbond substituents is 1. The van der Waals surface area contributed by atoms with Gasteiger partial charge in [-0.15, -0.1) is 0 Å². The maximum absolute atomic E-state index is 10.4. The number of anilines is 1. The summed E-state index contributed by atoms with van der Waals surface area (Å²) >= 11 is 17.9. The fraction of sp³-hybridized carbons (Fsp3) is 0.350. The van der Waals surface area contributed by atoms with Crippen LogP contribution in [0, 0.1) is 0 Å². The normalized spacial score (nSPS) is 14.6. The molecule has 28 heavy (non-hydrogen) atoms. The molecule has 2 N–H and O–H groups in total. The molecule has 0 spiro atoms. The fourth-order valence-electron chi connectivity index (χ4n) is 3.01. The third kappa shape index (κ3) is 5.96. The van der Waals surface area contributed by atoms with Crippen molar-refractivity contribution in [1.29, 1.82) is 0 Å². The minimum atomic E-state index is 0.0324. The van der Waals surface area contributed by atoms with Crippen LogP contribution in [0.25, 0.3) is 0 Å². The molecule has 1 aliphatic rings. The van der Waals surface area contributed by atoms with E-state index >= 15 is 0 Å². The maximum Gasteiger partial charge on any atom is 0.173 e. The SMILES string of the molecule is Oc1c(Cl)cc(Cl)cc1CN(CCN1CCOCC1)C(=S)Nc1ccccc1. The third-order valence-corrected chi connectivity index (χ3v) is 5.44. The zero-order chi connectivity index (χ0) is 19.9. The van der Waals surface area contributed by atoms with Crippen molar-refractivity contribution in [1.82, 2.24) is 9.80 Å². The number of nitrogens with one attached hydrogen (secondary N) is 1. The monoisotopic (exact) mass is 439 g/mol. The van der Waals surface area contributed by atoms with Crippen LogP contribution in [0.5, 0.6) is 5.75 Å². The Kier molecular flexibility index (Phi) is 7.76. The van der Waals surface area contributed by atoms with Crippen molar-refractivity contribution in [3.05, 3.63) is 58.1 Å². The van der Waals surface area contributed by atoms with Gasteiger partial charge in [-0.2, -0.15) is 0 Å². The Hall–Kier alpha value is -1.57. The Morgan fingerprint density at radius 2 is 1.89 bits per heavy atom. The highest BCUT2D eigenvalue weighted by molar-refractivity contribution is 7.80. The average Bonchev–Trinajstić information content (AvgIpc) is 2.70. The number of hydrogen-bond donors (Lipinski definition) is 2. The summed E-state index contributed by atoms with van der Waals surface area (Å²) in [4.78, 5) is 4.35.